The van der Waals surface area contributed by atoms with Gasteiger partial charge in [0.1, 0.15) is 17.1 Å². The summed E-state index contributed by atoms with van der Waals surface area (Å²) in [5, 5.41) is 0. The summed E-state index contributed by atoms with van der Waals surface area (Å²) < 4.78 is 16.0. The first-order valence-electron chi connectivity index (χ1n) is 6.92. The zero-order chi connectivity index (χ0) is 16.4. The van der Waals surface area contributed by atoms with Crippen LogP contribution in [0.15, 0.2) is 54.4 Å². The lowest BCUT2D eigenvalue weighted by Gasteiger charge is -2.11. The highest BCUT2D eigenvalue weighted by atomic mass is 19.1. The summed E-state index contributed by atoms with van der Waals surface area (Å²) in [6.45, 7) is 11.1. The van der Waals surface area contributed by atoms with E-state index in [-0.39, 0.29) is 11.6 Å². The minimum Gasteiger partial charge on any atom is -0.384 e. The molecule has 22 heavy (non-hydrogen) atoms. The first-order chi connectivity index (χ1) is 10.3. The second-order valence-electron chi connectivity index (χ2n) is 5.40. The van der Waals surface area contributed by atoms with E-state index in [4.69, 9.17) is 5.73 Å². The monoisotopic (exact) mass is 297 g/mol. The Morgan fingerprint density at radius 1 is 1.23 bits per heavy atom. The van der Waals surface area contributed by atoms with Crippen LogP contribution in [0, 0.1) is 12.7 Å². The van der Waals surface area contributed by atoms with Crippen LogP contribution >= 0.6 is 0 Å². The second kappa shape index (κ2) is 6.02. The van der Waals surface area contributed by atoms with Gasteiger partial charge in [0.15, 0.2) is 0 Å². The molecule has 0 bridgehead atoms. The highest BCUT2D eigenvalue weighted by Crippen LogP contribution is 2.27. The van der Waals surface area contributed by atoms with Gasteiger partial charge in [-0.15, -0.1) is 0 Å². The molecule has 0 spiro atoms. The van der Waals surface area contributed by atoms with Crippen LogP contribution < -0.4 is 11.2 Å². The zero-order valence-corrected chi connectivity index (χ0v) is 13.2. The highest BCUT2D eigenvalue weighted by Gasteiger charge is 2.09. The van der Waals surface area contributed by atoms with Gasteiger partial charge in [-0.2, -0.15) is 0 Å². The van der Waals surface area contributed by atoms with Crippen LogP contribution in [0.4, 0.5) is 4.39 Å². The fraction of sp³-hybridized carbons (Fsp3) is 0.167. The summed E-state index contributed by atoms with van der Waals surface area (Å²) in [6, 6.07) is 7.23. The number of benzene rings is 1. The van der Waals surface area contributed by atoms with E-state index < -0.39 is 0 Å². The number of aromatic nitrogens is 1. The maximum atomic E-state index is 14.2. The molecule has 2 aromatic rings. The molecular weight excluding hydrogens is 277 g/mol. The Balaban J connectivity index is 2.67. The van der Waals surface area contributed by atoms with Crippen molar-refractivity contribution < 1.29 is 4.39 Å². The fourth-order valence-corrected chi connectivity index (χ4v) is 2.28. The van der Waals surface area contributed by atoms with E-state index in [9.17, 15) is 4.39 Å². The number of nitrogens with two attached hydrogens (primary N) is 1. The third-order valence-corrected chi connectivity index (χ3v) is 3.52. The maximum Gasteiger partial charge on any atom is 0.135 e. The lowest BCUT2D eigenvalue weighted by molar-refractivity contribution is 0.618. The Labute approximate surface area is 129 Å². The third-order valence-electron chi connectivity index (χ3n) is 3.52. The predicted octanol–water partition coefficient (Wildman–Crippen LogP) is 3.50. The van der Waals surface area contributed by atoms with Crippen molar-refractivity contribution >= 4 is 5.57 Å². The van der Waals surface area contributed by atoms with Crippen LogP contribution in [0.1, 0.15) is 18.1 Å². The van der Waals surface area contributed by atoms with Crippen molar-refractivity contribution in [2.45, 2.75) is 13.8 Å². The molecule has 1 heterocycles. The molecule has 0 saturated heterocycles. The first kappa shape index (κ1) is 15.8. The molecule has 114 valence electrons. The zero-order valence-electron chi connectivity index (χ0n) is 13.2. The summed E-state index contributed by atoms with van der Waals surface area (Å²) in [4.78, 5) is 4.18. The van der Waals surface area contributed by atoms with E-state index in [0.717, 1.165) is 22.3 Å². The van der Waals surface area contributed by atoms with Gasteiger partial charge in [0.25, 0.3) is 0 Å². The van der Waals surface area contributed by atoms with Crippen molar-refractivity contribution in [3.63, 3.8) is 0 Å². The average molecular weight is 297 g/mol. The molecule has 0 radical (unpaired) electrons. The van der Waals surface area contributed by atoms with Crippen molar-refractivity contribution in [1.29, 1.82) is 0 Å². The molecule has 0 aliphatic carbocycles. The smallest absolute Gasteiger partial charge is 0.135 e. The summed E-state index contributed by atoms with van der Waals surface area (Å²) in [5.41, 5.74) is 10.1. The normalized spacial score (nSPS) is 11.5. The molecule has 0 aliphatic heterocycles. The molecule has 3 nitrogen and oxygen atoms in total. The molecular formula is C18H20FN3. The van der Waals surface area contributed by atoms with Gasteiger partial charge in [-0.3, -0.25) is 0 Å². The Morgan fingerprint density at radius 2 is 1.91 bits per heavy atom. The van der Waals surface area contributed by atoms with Crippen LogP contribution in [0.2, 0.25) is 0 Å². The summed E-state index contributed by atoms with van der Waals surface area (Å²) in [7, 11) is 1.86. The lowest BCUT2D eigenvalue weighted by Crippen LogP contribution is -2.18. The van der Waals surface area contributed by atoms with Gasteiger partial charge in [-0.05, 0) is 60.4 Å². The standard InChI is InChI=1S/C18H20FN3/c1-11(2)16-8-15(9-17(19)12(16)3)14-6-7-22(5)18(10-14)21-13(4)20/h6-10H,1,4,20H2,2-3,5H3. The van der Waals surface area contributed by atoms with Crippen LogP contribution in [0.5, 0.6) is 0 Å². The van der Waals surface area contributed by atoms with Gasteiger partial charge in [-0.1, -0.05) is 18.7 Å². The lowest BCUT2D eigenvalue weighted by atomic mass is 9.96. The molecule has 0 saturated carbocycles. The van der Waals surface area contributed by atoms with E-state index in [1.165, 1.54) is 6.07 Å². The fourth-order valence-electron chi connectivity index (χ4n) is 2.28. The van der Waals surface area contributed by atoms with E-state index in [1.54, 1.807) is 6.92 Å². The molecule has 0 amide bonds. The molecule has 1 aromatic heterocycles. The third kappa shape index (κ3) is 3.17. The van der Waals surface area contributed by atoms with E-state index >= 15 is 0 Å². The summed E-state index contributed by atoms with van der Waals surface area (Å²) >= 11 is 0. The van der Waals surface area contributed by atoms with Gasteiger partial charge >= 0.3 is 0 Å². The minimum absolute atomic E-state index is 0.227. The number of halogens is 1. The van der Waals surface area contributed by atoms with Crippen LogP contribution in [-0.2, 0) is 7.05 Å². The van der Waals surface area contributed by atoms with Crippen LogP contribution in [0.25, 0.3) is 16.7 Å². The van der Waals surface area contributed by atoms with Gasteiger partial charge in [-0.25, -0.2) is 9.38 Å². The molecule has 0 fully saturated rings. The molecule has 0 unspecified atom stereocenters. The van der Waals surface area contributed by atoms with Crippen molar-refractivity contribution in [2.75, 3.05) is 0 Å². The Bertz CT molecular complexity index is 829. The largest absolute Gasteiger partial charge is 0.384 e. The second-order valence-corrected chi connectivity index (χ2v) is 5.40. The Hall–Kier alpha value is -2.62. The number of rotatable bonds is 3. The first-order valence-corrected chi connectivity index (χ1v) is 6.92. The SMILES string of the molecule is C=C(N)N=c1cc(-c2cc(F)c(C)c(C(=C)C)c2)ccn1C. The molecule has 0 atom stereocenters. The molecule has 4 heteroatoms. The summed E-state index contributed by atoms with van der Waals surface area (Å²) in [5.74, 6) is -0.0177. The number of nitrogens with zero attached hydrogens (tertiary/aromatic N) is 2. The number of hydrogen-bond donors (Lipinski definition) is 1. The van der Waals surface area contributed by atoms with Gasteiger partial charge < -0.3 is 10.3 Å². The number of aryl methyl sites for hydroxylation is 1. The van der Waals surface area contributed by atoms with Crippen molar-refractivity contribution in [3.05, 3.63) is 71.9 Å². The highest BCUT2D eigenvalue weighted by molar-refractivity contribution is 5.73. The average Bonchev–Trinajstić information content (AvgIpc) is 2.43. The molecule has 2 N–H and O–H groups in total. The topological polar surface area (TPSA) is 43.3 Å². The summed E-state index contributed by atoms with van der Waals surface area (Å²) in [6.07, 6.45) is 1.86. The van der Waals surface area contributed by atoms with Gasteiger partial charge in [0.2, 0.25) is 0 Å². The molecule has 0 aliphatic rings. The Morgan fingerprint density at radius 3 is 2.50 bits per heavy atom. The quantitative estimate of drug-likeness (QED) is 0.925. The predicted molar refractivity (Wildman–Crippen MR) is 89.1 cm³/mol. The van der Waals surface area contributed by atoms with E-state index in [0.29, 0.717) is 11.1 Å². The van der Waals surface area contributed by atoms with E-state index in [1.807, 2.05) is 42.9 Å². The van der Waals surface area contributed by atoms with Crippen molar-refractivity contribution in [1.82, 2.24) is 4.57 Å². The van der Waals surface area contributed by atoms with Crippen molar-refractivity contribution in [3.8, 4) is 11.1 Å². The van der Waals surface area contributed by atoms with Crippen LogP contribution in [-0.4, -0.2) is 4.57 Å². The van der Waals surface area contributed by atoms with Gasteiger partial charge in [0.05, 0.1) is 0 Å². The number of pyridine rings is 1. The Kier molecular flexibility index (Phi) is 4.31. The van der Waals surface area contributed by atoms with E-state index in [2.05, 4.69) is 18.2 Å². The van der Waals surface area contributed by atoms with Crippen molar-refractivity contribution in [2.24, 2.45) is 17.8 Å². The number of hydrogen-bond acceptors (Lipinski definition) is 2. The maximum absolute atomic E-state index is 14.2. The minimum atomic E-state index is -0.245. The number of allylic oxidation sites excluding steroid dienone is 1. The van der Waals surface area contributed by atoms with Gasteiger partial charge in [0, 0.05) is 13.2 Å². The van der Waals surface area contributed by atoms with Crippen LogP contribution in [0.3, 0.4) is 0 Å². The molecule has 1 aromatic carbocycles. The molecule has 2 rings (SSSR count).